The van der Waals surface area contributed by atoms with E-state index in [2.05, 4.69) is 47.4 Å². The molecule has 0 saturated heterocycles. The lowest BCUT2D eigenvalue weighted by molar-refractivity contribution is 0.414. The van der Waals surface area contributed by atoms with E-state index in [1.165, 1.54) is 15.8 Å². The monoisotopic (exact) mass is 295 g/mol. The van der Waals surface area contributed by atoms with E-state index in [0.717, 1.165) is 22.7 Å². The Bertz CT molecular complexity index is 753. The lowest BCUT2D eigenvalue weighted by Gasteiger charge is -2.07. The van der Waals surface area contributed by atoms with Gasteiger partial charge in [0.05, 0.1) is 12.6 Å². The SMILES string of the molecule is COc1ccc(CSc2cccc3ccc(C)nc23)cc1. The Kier molecular flexibility index (Phi) is 4.11. The molecule has 3 aromatic rings. The number of hydrogen-bond acceptors (Lipinski definition) is 3. The van der Waals surface area contributed by atoms with Gasteiger partial charge in [-0.15, -0.1) is 11.8 Å². The van der Waals surface area contributed by atoms with E-state index in [-0.39, 0.29) is 0 Å². The quantitative estimate of drug-likeness (QED) is 0.643. The summed E-state index contributed by atoms with van der Waals surface area (Å²) in [6, 6.07) is 18.8. The van der Waals surface area contributed by atoms with E-state index in [0.29, 0.717) is 0 Å². The van der Waals surface area contributed by atoms with Gasteiger partial charge in [-0.05, 0) is 36.8 Å². The molecule has 0 bridgehead atoms. The van der Waals surface area contributed by atoms with Crippen LogP contribution in [0, 0.1) is 6.92 Å². The van der Waals surface area contributed by atoms with E-state index in [1.54, 1.807) is 7.11 Å². The number of para-hydroxylation sites is 1. The van der Waals surface area contributed by atoms with Crippen LogP contribution in [-0.4, -0.2) is 12.1 Å². The average molecular weight is 295 g/mol. The van der Waals surface area contributed by atoms with Crippen LogP contribution in [0.4, 0.5) is 0 Å². The zero-order chi connectivity index (χ0) is 14.7. The van der Waals surface area contributed by atoms with Crippen molar-refractivity contribution in [3.63, 3.8) is 0 Å². The molecule has 0 N–H and O–H groups in total. The molecule has 0 aliphatic heterocycles. The number of thioether (sulfide) groups is 1. The van der Waals surface area contributed by atoms with Crippen LogP contribution in [0.15, 0.2) is 59.5 Å². The first-order valence-electron chi connectivity index (χ1n) is 6.88. The molecule has 3 rings (SSSR count). The molecule has 1 aromatic heterocycles. The second-order valence-electron chi connectivity index (χ2n) is 4.92. The minimum atomic E-state index is 0.895. The van der Waals surface area contributed by atoms with Crippen molar-refractivity contribution in [3.8, 4) is 5.75 Å². The van der Waals surface area contributed by atoms with Crippen molar-refractivity contribution in [3.05, 3.63) is 65.9 Å². The van der Waals surface area contributed by atoms with E-state index >= 15 is 0 Å². The Morgan fingerprint density at radius 3 is 2.57 bits per heavy atom. The lowest BCUT2D eigenvalue weighted by Crippen LogP contribution is -1.87. The summed E-state index contributed by atoms with van der Waals surface area (Å²) in [5, 5.41) is 1.19. The number of methoxy groups -OCH3 is 1. The molecular weight excluding hydrogens is 278 g/mol. The van der Waals surface area contributed by atoms with Crippen molar-refractivity contribution in [1.82, 2.24) is 4.98 Å². The van der Waals surface area contributed by atoms with Gasteiger partial charge in [-0.25, -0.2) is 0 Å². The fraction of sp³-hybridized carbons (Fsp3) is 0.167. The van der Waals surface area contributed by atoms with Gasteiger partial charge in [-0.3, -0.25) is 4.98 Å². The number of aryl methyl sites for hydroxylation is 1. The fourth-order valence-electron chi connectivity index (χ4n) is 2.22. The Balaban J connectivity index is 1.82. The van der Waals surface area contributed by atoms with Gasteiger partial charge in [-0.1, -0.05) is 30.3 Å². The molecule has 0 radical (unpaired) electrons. The molecule has 0 amide bonds. The smallest absolute Gasteiger partial charge is 0.118 e. The topological polar surface area (TPSA) is 22.1 Å². The molecule has 21 heavy (non-hydrogen) atoms. The predicted octanol–water partition coefficient (Wildman–Crippen LogP) is 4.84. The third-order valence-electron chi connectivity index (χ3n) is 3.38. The maximum atomic E-state index is 5.19. The lowest BCUT2D eigenvalue weighted by atomic mass is 10.2. The van der Waals surface area contributed by atoms with Gasteiger partial charge in [-0.2, -0.15) is 0 Å². The zero-order valence-corrected chi connectivity index (χ0v) is 13.0. The molecule has 2 aromatic carbocycles. The molecular formula is C18H17NOS. The van der Waals surface area contributed by atoms with Gasteiger partial charge in [0.15, 0.2) is 0 Å². The summed E-state index contributed by atoms with van der Waals surface area (Å²) in [5.74, 6) is 1.82. The summed E-state index contributed by atoms with van der Waals surface area (Å²) >= 11 is 1.82. The number of nitrogens with zero attached hydrogens (tertiary/aromatic N) is 1. The highest BCUT2D eigenvalue weighted by molar-refractivity contribution is 7.98. The van der Waals surface area contributed by atoms with E-state index in [1.807, 2.05) is 30.8 Å². The Labute approximate surface area is 129 Å². The molecule has 1 heterocycles. The third-order valence-corrected chi connectivity index (χ3v) is 4.49. The van der Waals surface area contributed by atoms with E-state index < -0.39 is 0 Å². The van der Waals surface area contributed by atoms with Crippen molar-refractivity contribution in [1.29, 1.82) is 0 Å². The number of benzene rings is 2. The molecule has 0 saturated carbocycles. The molecule has 0 aliphatic rings. The van der Waals surface area contributed by atoms with Crippen LogP contribution in [0.1, 0.15) is 11.3 Å². The van der Waals surface area contributed by atoms with Gasteiger partial charge in [0.1, 0.15) is 5.75 Å². The molecule has 3 heteroatoms. The van der Waals surface area contributed by atoms with Crippen LogP contribution < -0.4 is 4.74 Å². The second-order valence-corrected chi connectivity index (χ2v) is 5.93. The first kappa shape index (κ1) is 14.0. The summed E-state index contributed by atoms with van der Waals surface area (Å²) in [4.78, 5) is 5.90. The van der Waals surface area contributed by atoms with E-state index in [4.69, 9.17) is 4.74 Å². The van der Waals surface area contributed by atoms with Crippen LogP contribution >= 0.6 is 11.8 Å². The number of ether oxygens (including phenoxy) is 1. The number of aromatic nitrogens is 1. The summed E-state index contributed by atoms with van der Waals surface area (Å²) in [6.07, 6.45) is 0. The molecule has 0 fully saturated rings. The Hall–Kier alpha value is -2.00. The normalized spacial score (nSPS) is 10.8. The molecule has 0 unspecified atom stereocenters. The second kappa shape index (κ2) is 6.19. The largest absolute Gasteiger partial charge is 0.497 e. The summed E-state index contributed by atoms with van der Waals surface area (Å²) in [5.41, 5.74) is 3.43. The van der Waals surface area contributed by atoms with Crippen LogP contribution in [0.2, 0.25) is 0 Å². The molecule has 0 aliphatic carbocycles. The summed E-state index contributed by atoms with van der Waals surface area (Å²) in [7, 11) is 1.69. The molecule has 106 valence electrons. The number of fused-ring (bicyclic) bond motifs is 1. The molecule has 0 atom stereocenters. The number of pyridine rings is 1. The minimum absolute atomic E-state index is 0.895. The van der Waals surface area contributed by atoms with Crippen LogP contribution in [0.3, 0.4) is 0 Å². The highest BCUT2D eigenvalue weighted by Crippen LogP contribution is 2.29. The van der Waals surface area contributed by atoms with Gasteiger partial charge in [0.25, 0.3) is 0 Å². The van der Waals surface area contributed by atoms with Crippen molar-refractivity contribution in [2.45, 2.75) is 17.6 Å². The number of hydrogen-bond donors (Lipinski definition) is 0. The predicted molar refractivity (Wildman–Crippen MR) is 89.0 cm³/mol. The maximum absolute atomic E-state index is 5.19. The molecule has 2 nitrogen and oxygen atoms in total. The van der Waals surface area contributed by atoms with Crippen molar-refractivity contribution in [2.75, 3.05) is 7.11 Å². The van der Waals surface area contributed by atoms with Crippen LogP contribution in [-0.2, 0) is 5.75 Å². The Morgan fingerprint density at radius 1 is 1.00 bits per heavy atom. The first-order chi connectivity index (χ1) is 10.3. The average Bonchev–Trinajstić information content (AvgIpc) is 2.53. The van der Waals surface area contributed by atoms with Crippen molar-refractivity contribution >= 4 is 22.7 Å². The maximum Gasteiger partial charge on any atom is 0.118 e. The Morgan fingerprint density at radius 2 is 1.81 bits per heavy atom. The minimum Gasteiger partial charge on any atom is -0.497 e. The standard InChI is InChI=1S/C18H17NOS/c1-13-6-9-15-4-3-5-17(18(15)19-13)21-12-14-7-10-16(20-2)11-8-14/h3-11H,12H2,1-2H3. The van der Waals surface area contributed by atoms with Gasteiger partial charge < -0.3 is 4.74 Å². The van der Waals surface area contributed by atoms with E-state index in [9.17, 15) is 0 Å². The van der Waals surface area contributed by atoms with Crippen LogP contribution in [0.25, 0.3) is 10.9 Å². The third kappa shape index (κ3) is 3.19. The van der Waals surface area contributed by atoms with Gasteiger partial charge in [0.2, 0.25) is 0 Å². The molecule has 0 spiro atoms. The summed E-state index contributed by atoms with van der Waals surface area (Å²) < 4.78 is 5.19. The van der Waals surface area contributed by atoms with Crippen LogP contribution in [0.5, 0.6) is 5.75 Å². The highest BCUT2D eigenvalue weighted by atomic mass is 32.2. The zero-order valence-electron chi connectivity index (χ0n) is 12.2. The highest BCUT2D eigenvalue weighted by Gasteiger charge is 2.04. The van der Waals surface area contributed by atoms with Crippen molar-refractivity contribution < 1.29 is 4.74 Å². The first-order valence-corrected chi connectivity index (χ1v) is 7.87. The van der Waals surface area contributed by atoms with Crippen molar-refractivity contribution in [2.24, 2.45) is 0 Å². The fourth-order valence-corrected chi connectivity index (χ4v) is 3.21. The number of rotatable bonds is 4. The van der Waals surface area contributed by atoms with Gasteiger partial charge in [0, 0.05) is 21.7 Å². The van der Waals surface area contributed by atoms with Gasteiger partial charge >= 0.3 is 0 Å². The summed E-state index contributed by atoms with van der Waals surface area (Å²) in [6.45, 7) is 2.03.